The summed E-state index contributed by atoms with van der Waals surface area (Å²) in [6, 6.07) is 13.2. The minimum atomic E-state index is -1.05. The summed E-state index contributed by atoms with van der Waals surface area (Å²) in [5.41, 5.74) is 1.29. The first-order valence-electron chi connectivity index (χ1n) is 8.40. The summed E-state index contributed by atoms with van der Waals surface area (Å²) >= 11 is 2.27. The maximum Gasteiger partial charge on any atom is 0.335 e. The molecule has 0 aliphatic carbocycles. The lowest BCUT2D eigenvalue weighted by Crippen LogP contribution is -2.36. The number of benzene rings is 2. The Balaban J connectivity index is 1.68. The van der Waals surface area contributed by atoms with Crippen molar-refractivity contribution in [2.24, 2.45) is 0 Å². The number of nitrogens with one attached hydrogen (secondary N) is 1. The second kappa shape index (κ2) is 8.97. The molecule has 2 N–H and O–H groups in total. The van der Waals surface area contributed by atoms with Crippen molar-refractivity contribution in [1.29, 1.82) is 0 Å². The van der Waals surface area contributed by atoms with Crippen molar-refractivity contribution in [2.45, 2.75) is 4.90 Å². The summed E-state index contributed by atoms with van der Waals surface area (Å²) in [4.78, 5) is 49.9. The first-order chi connectivity index (χ1) is 13.9. The molecule has 1 saturated heterocycles. The number of imide groups is 1. The number of rotatable bonds is 6. The van der Waals surface area contributed by atoms with E-state index in [-0.39, 0.29) is 17.0 Å². The van der Waals surface area contributed by atoms with E-state index in [1.54, 1.807) is 30.3 Å². The van der Waals surface area contributed by atoms with Gasteiger partial charge in [-0.05, 0) is 60.0 Å². The predicted octanol–water partition coefficient (Wildman–Crippen LogP) is 3.78. The normalized spacial score (nSPS) is 15.1. The van der Waals surface area contributed by atoms with Crippen LogP contribution in [0.2, 0.25) is 0 Å². The molecule has 1 aliphatic heterocycles. The average molecular weight is 428 g/mol. The van der Waals surface area contributed by atoms with Gasteiger partial charge in [-0.25, -0.2) is 4.79 Å². The number of amides is 3. The molecular weight excluding hydrogens is 412 g/mol. The first kappa shape index (κ1) is 20.7. The number of carbonyl (C=O) groups excluding carboxylic acids is 3. The molecule has 0 radical (unpaired) electrons. The van der Waals surface area contributed by atoms with E-state index >= 15 is 0 Å². The van der Waals surface area contributed by atoms with Crippen molar-refractivity contribution < 1.29 is 24.3 Å². The van der Waals surface area contributed by atoms with Crippen LogP contribution < -0.4 is 5.32 Å². The third-order valence-corrected chi connectivity index (χ3v) is 5.62. The van der Waals surface area contributed by atoms with Gasteiger partial charge < -0.3 is 10.4 Å². The van der Waals surface area contributed by atoms with Crippen molar-refractivity contribution in [3.05, 3.63) is 64.6 Å². The summed E-state index contributed by atoms with van der Waals surface area (Å²) in [5, 5.41) is 11.1. The lowest BCUT2D eigenvalue weighted by atomic mass is 10.1. The number of nitrogens with zero attached hydrogens (tertiary/aromatic N) is 1. The van der Waals surface area contributed by atoms with Crippen molar-refractivity contribution in [1.82, 2.24) is 4.90 Å². The number of carboxylic acids is 1. The van der Waals surface area contributed by atoms with Gasteiger partial charge in [0.25, 0.3) is 11.1 Å². The molecule has 3 rings (SSSR count). The molecule has 9 heteroatoms. The van der Waals surface area contributed by atoms with Crippen LogP contribution in [0.1, 0.15) is 15.9 Å². The van der Waals surface area contributed by atoms with E-state index in [2.05, 4.69) is 5.32 Å². The van der Waals surface area contributed by atoms with E-state index in [4.69, 9.17) is 5.11 Å². The van der Waals surface area contributed by atoms with Crippen molar-refractivity contribution in [3.63, 3.8) is 0 Å². The maximum absolute atomic E-state index is 12.5. The Labute approximate surface area is 175 Å². The molecule has 0 saturated carbocycles. The van der Waals surface area contributed by atoms with Crippen LogP contribution in [0.3, 0.4) is 0 Å². The zero-order valence-corrected chi connectivity index (χ0v) is 16.9. The first-order valence-corrected chi connectivity index (χ1v) is 10.4. The smallest absolute Gasteiger partial charge is 0.335 e. The molecule has 0 atom stereocenters. The second-order valence-corrected chi connectivity index (χ2v) is 7.85. The van der Waals surface area contributed by atoms with Gasteiger partial charge in [0, 0.05) is 10.6 Å². The molecule has 0 unspecified atom stereocenters. The molecule has 0 spiro atoms. The summed E-state index contributed by atoms with van der Waals surface area (Å²) < 4.78 is 0. The Morgan fingerprint density at radius 1 is 1.17 bits per heavy atom. The van der Waals surface area contributed by atoms with Crippen LogP contribution in [0.25, 0.3) is 6.08 Å². The monoisotopic (exact) mass is 428 g/mol. The van der Waals surface area contributed by atoms with Crippen LogP contribution in [-0.2, 0) is 9.59 Å². The molecular formula is C20H16N2O5S2. The van der Waals surface area contributed by atoms with Crippen molar-refractivity contribution >= 4 is 58.3 Å². The van der Waals surface area contributed by atoms with Gasteiger partial charge in [0.15, 0.2) is 0 Å². The zero-order valence-electron chi connectivity index (χ0n) is 15.2. The van der Waals surface area contributed by atoms with E-state index in [1.807, 2.05) is 12.3 Å². The zero-order chi connectivity index (χ0) is 21.0. The lowest BCUT2D eigenvalue weighted by molar-refractivity contribution is -0.127. The van der Waals surface area contributed by atoms with Crippen LogP contribution in [0.15, 0.2) is 58.3 Å². The van der Waals surface area contributed by atoms with E-state index in [1.165, 1.54) is 30.0 Å². The number of hydrogen-bond acceptors (Lipinski definition) is 6. The fourth-order valence-electron chi connectivity index (χ4n) is 2.55. The van der Waals surface area contributed by atoms with Gasteiger partial charge in [-0.1, -0.05) is 18.2 Å². The van der Waals surface area contributed by atoms with Gasteiger partial charge in [0.2, 0.25) is 5.91 Å². The van der Waals surface area contributed by atoms with Crippen molar-refractivity contribution in [2.75, 3.05) is 18.1 Å². The Kier molecular flexibility index (Phi) is 6.40. The summed E-state index contributed by atoms with van der Waals surface area (Å²) in [5.74, 6) is -2.08. The Bertz CT molecular complexity index is 1020. The number of anilines is 1. The van der Waals surface area contributed by atoms with E-state index < -0.39 is 23.0 Å². The van der Waals surface area contributed by atoms with Crippen molar-refractivity contribution in [3.8, 4) is 0 Å². The number of aromatic carboxylic acids is 1. The minimum Gasteiger partial charge on any atom is -0.478 e. The van der Waals surface area contributed by atoms with Crippen LogP contribution >= 0.6 is 23.5 Å². The van der Waals surface area contributed by atoms with E-state index in [9.17, 15) is 19.2 Å². The molecule has 0 aromatic heterocycles. The van der Waals surface area contributed by atoms with Gasteiger partial charge >= 0.3 is 5.97 Å². The Morgan fingerprint density at radius 3 is 2.55 bits per heavy atom. The topological polar surface area (TPSA) is 104 Å². The highest BCUT2D eigenvalue weighted by atomic mass is 32.2. The second-order valence-electron chi connectivity index (χ2n) is 5.98. The molecule has 0 bridgehead atoms. The molecule has 1 fully saturated rings. The molecule has 1 aliphatic rings. The van der Waals surface area contributed by atoms with Gasteiger partial charge in [-0.2, -0.15) is 0 Å². The SMILES string of the molecule is CSc1cccc(NC(=O)CN2C(=O)S/C(=C\c3ccc(C(=O)O)cc3)C2=O)c1. The van der Waals surface area contributed by atoms with Gasteiger partial charge in [0.1, 0.15) is 6.54 Å². The fourth-order valence-corrected chi connectivity index (χ4v) is 3.85. The largest absolute Gasteiger partial charge is 0.478 e. The molecule has 3 amide bonds. The number of carboxylic acid groups (broad SMARTS) is 1. The number of carbonyl (C=O) groups is 4. The van der Waals surface area contributed by atoms with Crippen LogP contribution in [0.5, 0.6) is 0 Å². The third-order valence-electron chi connectivity index (χ3n) is 3.98. The lowest BCUT2D eigenvalue weighted by Gasteiger charge is -2.12. The molecule has 29 heavy (non-hydrogen) atoms. The van der Waals surface area contributed by atoms with Crippen LogP contribution in [0, 0.1) is 0 Å². The standard InChI is InChI=1S/C20H16N2O5S2/c1-28-15-4-2-3-14(10-15)21-17(23)11-22-18(24)16(29-20(22)27)9-12-5-7-13(8-6-12)19(25)26/h2-10H,11H2,1H3,(H,21,23)(H,25,26)/b16-9-. The minimum absolute atomic E-state index is 0.123. The van der Waals surface area contributed by atoms with Crippen LogP contribution in [0.4, 0.5) is 10.5 Å². The average Bonchev–Trinajstić information content (AvgIpc) is 2.96. The fraction of sp³-hybridized carbons (Fsp3) is 0.100. The maximum atomic E-state index is 12.5. The highest BCUT2D eigenvalue weighted by Gasteiger charge is 2.36. The Morgan fingerprint density at radius 2 is 1.90 bits per heavy atom. The number of thioether (sulfide) groups is 2. The molecule has 2 aromatic rings. The summed E-state index contributed by atoms with van der Waals surface area (Å²) in [6.45, 7) is -0.385. The quantitative estimate of drug-likeness (QED) is 0.533. The van der Waals surface area contributed by atoms with Gasteiger partial charge in [0.05, 0.1) is 10.5 Å². The Hall–Kier alpha value is -3.04. The van der Waals surface area contributed by atoms with E-state index in [0.29, 0.717) is 11.3 Å². The third kappa shape index (κ3) is 5.07. The number of hydrogen-bond donors (Lipinski definition) is 2. The van der Waals surface area contributed by atoms with Gasteiger partial charge in [-0.3, -0.25) is 19.3 Å². The predicted molar refractivity (Wildman–Crippen MR) is 113 cm³/mol. The highest BCUT2D eigenvalue weighted by molar-refractivity contribution is 8.18. The summed E-state index contributed by atoms with van der Waals surface area (Å²) in [7, 11) is 0. The molecule has 7 nitrogen and oxygen atoms in total. The molecule has 1 heterocycles. The molecule has 2 aromatic carbocycles. The molecule has 148 valence electrons. The van der Waals surface area contributed by atoms with Gasteiger partial charge in [-0.15, -0.1) is 11.8 Å². The van der Waals surface area contributed by atoms with E-state index in [0.717, 1.165) is 21.6 Å². The van der Waals surface area contributed by atoms with Crippen LogP contribution in [-0.4, -0.2) is 45.8 Å². The summed E-state index contributed by atoms with van der Waals surface area (Å²) in [6.07, 6.45) is 3.42. The highest BCUT2D eigenvalue weighted by Crippen LogP contribution is 2.32.